The molecule has 0 aliphatic carbocycles. The van der Waals surface area contributed by atoms with Gasteiger partial charge in [-0.3, -0.25) is 4.90 Å². The maximum atomic E-state index is 13.8. The Kier molecular flexibility index (Phi) is 5.55. The smallest absolute Gasteiger partial charge is 0.190 e. The number of halogens is 2. The molecular formula is C23H21ClFN7. The summed E-state index contributed by atoms with van der Waals surface area (Å²) in [4.78, 5) is 6.81. The zero-order valence-corrected chi connectivity index (χ0v) is 18.0. The van der Waals surface area contributed by atoms with Crippen molar-refractivity contribution in [1.29, 1.82) is 0 Å². The lowest BCUT2D eigenvalue weighted by atomic mass is 10.0. The first-order chi connectivity index (χ1) is 15.6. The molecule has 9 heteroatoms. The van der Waals surface area contributed by atoms with Crippen LogP contribution in [0.1, 0.15) is 18.4 Å². The highest BCUT2D eigenvalue weighted by Gasteiger charge is 2.18. The fraction of sp³-hybridized carbons (Fsp3) is 0.217. The Morgan fingerprint density at radius 3 is 2.56 bits per heavy atom. The van der Waals surface area contributed by atoms with Crippen LogP contribution in [0.2, 0.25) is 5.02 Å². The van der Waals surface area contributed by atoms with E-state index < -0.39 is 5.82 Å². The Labute approximate surface area is 189 Å². The number of nitrogens with two attached hydrogens (primary N) is 1. The molecule has 0 atom stereocenters. The zero-order valence-electron chi connectivity index (χ0n) is 17.2. The minimum atomic E-state index is -0.445. The second kappa shape index (κ2) is 8.64. The Balaban J connectivity index is 1.48. The summed E-state index contributed by atoms with van der Waals surface area (Å²) in [5.41, 5.74) is 10.2. The Morgan fingerprint density at radius 1 is 1.00 bits per heavy atom. The number of nitrogens with zero attached hydrogens (tertiary/aromatic N) is 6. The first-order valence-electron chi connectivity index (χ1n) is 10.4. The summed E-state index contributed by atoms with van der Waals surface area (Å²) in [7, 11) is 0. The number of nitrogen functional groups attached to an aromatic ring is 1. The number of anilines is 1. The van der Waals surface area contributed by atoms with E-state index in [4.69, 9.17) is 17.3 Å². The van der Waals surface area contributed by atoms with Crippen LogP contribution in [-0.4, -0.2) is 43.2 Å². The van der Waals surface area contributed by atoms with E-state index in [-0.39, 0.29) is 5.82 Å². The minimum absolute atomic E-state index is 0.267. The van der Waals surface area contributed by atoms with E-state index in [9.17, 15) is 4.39 Å². The van der Waals surface area contributed by atoms with Gasteiger partial charge >= 0.3 is 0 Å². The zero-order chi connectivity index (χ0) is 22.1. The molecule has 0 spiro atoms. The molecule has 1 fully saturated rings. The van der Waals surface area contributed by atoms with Gasteiger partial charge in [-0.15, -0.1) is 5.10 Å². The minimum Gasteiger partial charge on any atom is -0.383 e. The number of hydrogen-bond donors (Lipinski definition) is 1. The van der Waals surface area contributed by atoms with Gasteiger partial charge in [-0.25, -0.2) is 9.37 Å². The van der Waals surface area contributed by atoms with Gasteiger partial charge in [0.1, 0.15) is 11.6 Å². The third kappa shape index (κ3) is 4.06. The summed E-state index contributed by atoms with van der Waals surface area (Å²) < 4.78 is 15.2. The molecule has 0 unspecified atom stereocenters. The standard InChI is InChI=1S/C23H21ClFN7/c24-20-8-7-18(25)12-21(20)32-23(28-29-30-32)19-11-17(13-27-22(19)26)16-5-3-15(4-6-16)14-31-9-1-2-10-31/h3-8,11-13H,1-2,9-10,14H2,(H2,26,27). The van der Waals surface area contributed by atoms with Crippen LogP contribution in [0.15, 0.2) is 54.7 Å². The fourth-order valence-corrected chi connectivity index (χ4v) is 4.18. The fourth-order valence-electron chi connectivity index (χ4n) is 3.98. The van der Waals surface area contributed by atoms with Gasteiger partial charge in [0, 0.05) is 24.4 Å². The molecular weight excluding hydrogens is 429 g/mol. The summed E-state index contributed by atoms with van der Waals surface area (Å²) >= 11 is 6.26. The largest absolute Gasteiger partial charge is 0.383 e. The van der Waals surface area contributed by atoms with Crippen LogP contribution in [0.3, 0.4) is 0 Å². The molecule has 0 bridgehead atoms. The van der Waals surface area contributed by atoms with Crippen LogP contribution in [0, 0.1) is 5.82 Å². The molecule has 7 nitrogen and oxygen atoms in total. The van der Waals surface area contributed by atoms with Gasteiger partial charge < -0.3 is 5.73 Å². The number of pyridine rings is 1. The number of rotatable bonds is 5. The van der Waals surface area contributed by atoms with Gasteiger partial charge in [-0.2, -0.15) is 4.68 Å². The molecule has 5 rings (SSSR count). The van der Waals surface area contributed by atoms with Crippen LogP contribution < -0.4 is 5.73 Å². The molecule has 1 aliphatic rings. The third-order valence-corrected chi connectivity index (χ3v) is 5.98. The molecule has 1 aliphatic heterocycles. The summed E-state index contributed by atoms with van der Waals surface area (Å²) in [6, 6.07) is 14.3. The average molecular weight is 450 g/mol. The Morgan fingerprint density at radius 2 is 1.78 bits per heavy atom. The van der Waals surface area contributed by atoms with Crippen LogP contribution in [-0.2, 0) is 6.54 Å². The molecule has 2 aromatic heterocycles. The second-order valence-electron chi connectivity index (χ2n) is 7.85. The highest BCUT2D eigenvalue weighted by atomic mass is 35.5. The molecule has 162 valence electrons. The predicted molar refractivity (Wildman–Crippen MR) is 122 cm³/mol. The van der Waals surface area contributed by atoms with E-state index in [1.807, 2.05) is 6.07 Å². The van der Waals surface area contributed by atoms with Gasteiger partial charge in [0.2, 0.25) is 0 Å². The van der Waals surface area contributed by atoms with Crippen molar-refractivity contribution in [2.45, 2.75) is 19.4 Å². The first-order valence-corrected chi connectivity index (χ1v) is 10.8. The van der Waals surface area contributed by atoms with Gasteiger partial charge in [0.15, 0.2) is 5.82 Å². The van der Waals surface area contributed by atoms with E-state index in [0.29, 0.717) is 22.1 Å². The molecule has 0 radical (unpaired) electrons. The second-order valence-corrected chi connectivity index (χ2v) is 8.25. The molecule has 2 aromatic carbocycles. The summed E-state index contributed by atoms with van der Waals surface area (Å²) in [5, 5.41) is 12.1. The predicted octanol–water partition coefficient (Wildman–Crippen LogP) is 4.36. The van der Waals surface area contributed by atoms with Crippen molar-refractivity contribution in [2.24, 2.45) is 0 Å². The molecule has 2 N–H and O–H groups in total. The molecule has 3 heterocycles. The summed E-state index contributed by atoms with van der Waals surface area (Å²) in [6.07, 6.45) is 4.27. The average Bonchev–Trinajstić information content (AvgIpc) is 3.49. The molecule has 32 heavy (non-hydrogen) atoms. The van der Waals surface area contributed by atoms with Crippen molar-refractivity contribution in [2.75, 3.05) is 18.8 Å². The monoisotopic (exact) mass is 449 g/mol. The van der Waals surface area contributed by atoms with Crippen molar-refractivity contribution in [1.82, 2.24) is 30.1 Å². The van der Waals surface area contributed by atoms with Crippen molar-refractivity contribution < 1.29 is 4.39 Å². The van der Waals surface area contributed by atoms with Gasteiger partial charge in [0.25, 0.3) is 0 Å². The van der Waals surface area contributed by atoms with Crippen molar-refractivity contribution in [3.05, 3.63) is 71.1 Å². The number of tetrazole rings is 1. The lowest BCUT2D eigenvalue weighted by molar-refractivity contribution is 0.331. The lowest BCUT2D eigenvalue weighted by Gasteiger charge is -2.15. The normalized spacial score (nSPS) is 14.2. The van der Waals surface area contributed by atoms with Gasteiger partial charge in [-0.05, 0) is 65.7 Å². The molecule has 0 amide bonds. The number of hydrogen-bond acceptors (Lipinski definition) is 6. The van der Waals surface area contributed by atoms with Crippen LogP contribution in [0.5, 0.6) is 0 Å². The third-order valence-electron chi connectivity index (χ3n) is 5.66. The van der Waals surface area contributed by atoms with Crippen LogP contribution >= 0.6 is 11.6 Å². The molecule has 1 saturated heterocycles. The maximum absolute atomic E-state index is 13.8. The summed E-state index contributed by atoms with van der Waals surface area (Å²) in [6.45, 7) is 3.29. The van der Waals surface area contributed by atoms with E-state index >= 15 is 0 Å². The maximum Gasteiger partial charge on any atom is 0.190 e. The molecule has 4 aromatic rings. The lowest BCUT2D eigenvalue weighted by Crippen LogP contribution is -2.18. The quantitative estimate of drug-likeness (QED) is 0.487. The van der Waals surface area contributed by atoms with E-state index in [1.54, 1.807) is 6.20 Å². The van der Waals surface area contributed by atoms with Crippen molar-refractivity contribution >= 4 is 17.4 Å². The van der Waals surface area contributed by atoms with Crippen LogP contribution in [0.4, 0.5) is 10.2 Å². The van der Waals surface area contributed by atoms with E-state index in [2.05, 4.69) is 49.7 Å². The van der Waals surface area contributed by atoms with Gasteiger partial charge in [-0.1, -0.05) is 35.9 Å². The topological polar surface area (TPSA) is 85.8 Å². The first kappa shape index (κ1) is 20.5. The van der Waals surface area contributed by atoms with Crippen molar-refractivity contribution in [3.8, 4) is 28.2 Å². The molecule has 0 saturated carbocycles. The number of likely N-dealkylation sites (tertiary alicyclic amines) is 1. The van der Waals surface area contributed by atoms with Crippen LogP contribution in [0.25, 0.3) is 28.2 Å². The number of benzene rings is 2. The van der Waals surface area contributed by atoms with E-state index in [0.717, 1.165) is 30.8 Å². The Bertz CT molecular complexity index is 1250. The highest BCUT2D eigenvalue weighted by Crippen LogP contribution is 2.31. The van der Waals surface area contributed by atoms with Crippen molar-refractivity contribution in [3.63, 3.8) is 0 Å². The Hall–Kier alpha value is -3.36. The number of aromatic nitrogens is 5. The van der Waals surface area contributed by atoms with Gasteiger partial charge in [0.05, 0.1) is 16.3 Å². The highest BCUT2D eigenvalue weighted by molar-refractivity contribution is 6.32. The SMILES string of the molecule is Nc1ncc(-c2ccc(CN3CCCC3)cc2)cc1-c1nnnn1-c1cc(F)ccc1Cl. The summed E-state index contributed by atoms with van der Waals surface area (Å²) in [5.74, 6) is 0.151. The van der Waals surface area contributed by atoms with E-state index in [1.165, 1.54) is 41.3 Å².